The van der Waals surface area contributed by atoms with E-state index in [-0.39, 0.29) is 28.6 Å². The van der Waals surface area contributed by atoms with E-state index >= 15 is 0 Å². The van der Waals surface area contributed by atoms with Gasteiger partial charge in [-0.15, -0.1) is 26.3 Å². The summed E-state index contributed by atoms with van der Waals surface area (Å²) in [6.45, 7) is 0. The van der Waals surface area contributed by atoms with Crippen LogP contribution >= 0.6 is 0 Å². The number of alkyl halides is 6. The molecular weight excluding hydrogens is 926 g/mol. The third kappa shape index (κ3) is 12.3. The first-order valence-electron chi connectivity index (χ1n) is 24.7. The summed E-state index contributed by atoms with van der Waals surface area (Å²) in [5.74, 6) is 5.48. The topological polar surface area (TPSA) is 139 Å². The summed E-state index contributed by atoms with van der Waals surface area (Å²) in [4.78, 5) is 0. The van der Waals surface area contributed by atoms with Crippen LogP contribution in [0, 0.1) is 61.4 Å². The number of ether oxygens (including phenoxy) is 2. The maximum atomic E-state index is 11.7. The Bertz CT molecular complexity index is 1590. The standard InChI is InChI=1S/C32H56N8.2C8H7F3NO.Cu/c1-2-10-18-17(9-1)25-33-26(18)38-28-21-13-5-6-14-22(21)30(35-28)40-32-24-16-8-7-15-23(24)31(36-32)39-29-20-12-4-3-11-19(20)27(34-29)37-25;2*1-12-6-2-4-7(5-3-6)13-8(9,10)11;/h17-40H,1-16H2;2*2-5,12H,1H2;/q;2*-1;+2. The molecule has 8 atom stereocenters. The Morgan fingerprint density at radius 2 is 0.537 bits per heavy atom. The molecule has 5 saturated heterocycles. The third-order valence-electron chi connectivity index (χ3n) is 16.4. The van der Waals surface area contributed by atoms with E-state index in [9.17, 15) is 26.3 Å². The van der Waals surface area contributed by atoms with E-state index in [0.29, 0.717) is 60.7 Å². The Hall–Kier alpha value is -2.58. The fourth-order valence-corrected chi connectivity index (χ4v) is 13.5. The molecule has 9 aliphatic rings. The van der Waals surface area contributed by atoms with Gasteiger partial charge in [-0.05, 0) is 147 Å². The van der Waals surface area contributed by atoms with Crippen molar-refractivity contribution in [2.45, 2.75) is 165 Å². The number of hydrogen-bond acceptors (Lipinski definition) is 12. The van der Waals surface area contributed by atoms with Gasteiger partial charge in [0.15, 0.2) is 0 Å². The Kier molecular flexibility index (Phi) is 16.9. The smallest absolute Gasteiger partial charge is 0.538 e. The summed E-state index contributed by atoms with van der Waals surface area (Å²) in [5.41, 5.74) is 1.24. The number of hydrogen-bond donors (Lipinski definition) is 10. The summed E-state index contributed by atoms with van der Waals surface area (Å²) in [5, 5.41) is 38.9. The van der Waals surface area contributed by atoms with Crippen LogP contribution in [0.2, 0.25) is 0 Å². The third-order valence-corrected chi connectivity index (χ3v) is 16.4. The van der Waals surface area contributed by atoms with Gasteiger partial charge < -0.3 is 20.1 Å². The molecule has 0 amide bonds. The zero-order valence-corrected chi connectivity index (χ0v) is 38.9. The minimum absolute atomic E-state index is 0. The van der Waals surface area contributed by atoms with Crippen LogP contribution in [-0.4, -0.2) is 62.1 Å². The van der Waals surface area contributed by atoms with Crippen molar-refractivity contribution in [3.63, 3.8) is 0 Å². The predicted molar refractivity (Wildman–Crippen MR) is 241 cm³/mol. The van der Waals surface area contributed by atoms with Crippen LogP contribution in [0.1, 0.15) is 103 Å². The van der Waals surface area contributed by atoms with Gasteiger partial charge in [0.05, 0.1) is 49.3 Å². The van der Waals surface area contributed by atoms with Crippen LogP contribution in [0.25, 0.3) is 0 Å². The Balaban J connectivity index is 0.000000186. The number of rotatable bonds is 4. The van der Waals surface area contributed by atoms with E-state index in [2.05, 4.69) is 76.7 Å². The summed E-state index contributed by atoms with van der Waals surface area (Å²) < 4.78 is 77.3. The molecule has 9 fully saturated rings. The second-order valence-corrected chi connectivity index (χ2v) is 20.1. The summed E-state index contributed by atoms with van der Waals surface area (Å²) in [6, 6.07) is 10.6. The monoisotopic (exact) mass is 995 g/mol. The Morgan fingerprint density at radius 3 is 0.687 bits per heavy atom. The maximum absolute atomic E-state index is 11.7. The normalized spacial score (nSPS) is 38.7. The van der Waals surface area contributed by atoms with Crippen molar-refractivity contribution in [1.29, 1.82) is 0 Å². The molecule has 0 aromatic heterocycles. The zero-order chi connectivity index (χ0) is 46.0. The van der Waals surface area contributed by atoms with E-state index in [0.717, 1.165) is 47.3 Å². The van der Waals surface area contributed by atoms with E-state index in [4.69, 9.17) is 0 Å². The zero-order valence-electron chi connectivity index (χ0n) is 38.0. The maximum Gasteiger partial charge on any atom is 2.00 e. The van der Waals surface area contributed by atoms with Gasteiger partial charge in [0, 0.05) is 11.4 Å². The van der Waals surface area contributed by atoms with Crippen molar-refractivity contribution < 1.29 is 52.9 Å². The van der Waals surface area contributed by atoms with Crippen LogP contribution in [0.4, 0.5) is 37.7 Å². The average molecular weight is 997 g/mol. The largest absolute Gasteiger partial charge is 2.00 e. The van der Waals surface area contributed by atoms with Crippen LogP contribution < -0.4 is 62.6 Å². The van der Waals surface area contributed by atoms with Crippen LogP contribution in [-0.2, 0) is 17.1 Å². The fraction of sp³-hybridized carbons (Fsp3) is 0.708. The molecule has 8 bridgehead atoms. The minimum atomic E-state index is -4.64. The number of benzene rings is 2. The van der Waals surface area contributed by atoms with Gasteiger partial charge in [0.25, 0.3) is 0 Å². The van der Waals surface area contributed by atoms with E-state index in [1.165, 1.54) is 151 Å². The molecule has 19 heteroatoms. The van der Waals surface area contributed by atoms with Gasteiger partial charge in [0.2, 0.25) is 0 Å². The van der Waals surface area contributed by atoms with E-state index in [1.54, 1.807) is 0 Å². The molecule has 10 N–H and O–H groups in total. The molecule has 2 aromatic carbocycles. The van der Waals surface area contributed by atoms with Gasteiger partial charge in [-0.1, -0.05) is 51.4 Å². The minimum Gasteiger partial charge on any atom is -0.538 e. The molecule has 11 rings (SSSR count). The van der Waals surface area contributed by atoms with Gasteiger partial charge in [0.1, 0.15) is 11.5 Å². The Morgan fingerprint density at radius 1 is 0.358 bits per heavy atom. The van der Waals surface area contributed by atoms with Gasteiger partial charge in [-0.25, -0.2) is 0 Å². The molecule has 377 valence electrons. The van der Waals surface area contributed by atoms with Crippen LogP contribution in [0.5, 0.6) is 11.5 Å². The molecule has 67 heavy (non-hydrogen) atoms. The molecule has 8 unspecified atom stereocenters. The van der Waals surface area contributed by atoms with Crippen molar-refractivity contribution in [3.8, 4) is 11.5 Å². The van der Waals surface area contributed by atoms with E-state index < -0.39 is 12.7 Å². The van der Waals surface area contributed by atoms with Crippen molar-refractivity contribution in [3.05, 3.63) is 62.6 Å². The van der Waals surface area contributed by atoms with Crippen molar-refractivity contribution in [1.82, 2.24) is 42.5 Å². The summed E-state index contributed by atoms with van der Waals surface area (Å²) >= 11 is 0. The van der Waals surface area contributed by atoms with Crippen molar-refractivity contribution >= 4 is 11.4 Å². The molecule has 4 aliphatic carbocycles. The van der Waals surface area contributed by atoms with Gasteiger partial charge >= 0.3 is 29.8 Å². The predicted octanol–water partition coefficient (Wildman–Crippen LogP) is 8.18. The first-order valence-corrected chi connectivity index (χ1v) is 24.7. The number of anilines is 2. The summed E-state index contributed by atoms with van der Waals surface area (Å²) in [7, 11) is 6.69. The molecule has 1 radical (unpaired) electrons. The van der Waals surface area contributed by atoms with Gasteiger partial charge in [-0.3, -0.25) is 56.6 Å². The van der Waals surface area contributed by atoms with Crippen LogP contribution in [0.3, 0.4) is 0 Å². The Labute approximate surface area is 402 Å². The molecular formula is C48H70CuF6N10O2. The molecule has 5 aliphatic heterocycles. The molecule has 4 saturated carbocycles. The first-order chi connectivity index (χ1) is 31.8. The molecule has 0 spiro atoms. The van der Waals surface area contributed by atoms with Crippen molar-refractivity contribution in [2.24, 2.45) is 47.3 Å². The summed E-state index contributed by atoms with van der Waals surface area (Å²) in [6.07, 6.45) is 16.3. The molecule has 12 nitrogen and oxygen atoms in total. The fourth-order valence-electron chi connectivity index (χ4n) is 13.5. The van der Waals surface area contributed by atoms with Crippen molar-refractivity contribution in [2.75, 3.05) is 10.6 Å². The number of nitrogens with one attached hydrogen (secondary N) is 10. The van der Waals surface area contributed by atoms with Gasteiger partial charge in [-0.2, -0.15) is 0 Å². The van der Waals surface area contributed by atoms with E-state index in [1.807, 2.05) is 0 Å². The second kappa shape index (κ2) is 22.2. The number of fused-ring (bicyclic) bond motifs is 20. The quantitative estimate of drug-likeness (QED) is 0.0822. The SMILES string of the molecule is C1CCC2C3NC(NC4NC(NC5NC(NC6NC(N3)C3CCCCC63)C3CCCCC53)C3CCCCC43)C2C1.[CH2-]Nc1ccc(OC(F)(F)F)cc1.[CH2-]Nc1ccc(OC(F)(F)F)cc1.[Cu+2]. The average Bonchev–Trinajstić information content (AvgIpc) is 4.05. The number of halogens is 6. The molecule has 2 aromatic rings. The molecule has 5 heterocycles. The first kappa shape index (κ1) is 50.8. The van der Waals surface area contributed by atoms with Crippen LogP contribution in [0.15, 0.2) is 48.5 Å². The second-order valence-electron chi connectivity index (χ2n) is 20.1.